The van der Waals surface area contributed by atoms with Crippen molar-refractivity contribution in [2.24, 2.45) is 4.99 Å². The van der Waals surface area contributed by atoms with Crippen molar-refractivity contribution in [2.75, 3.05) is 33.4 Å². The lowest BCUT2D eigenvalue weighted by molar-refractivity contribution is 0.523. The molecule has 0 aromatic carbocycles. The minimum Gasteiger partial charge on any atom is -0.355 e. The van der Waals surface area contributed by atoms with Crippen molar-refractivity contribution in [3.8, 4) is 0 Å². The summed E-state index contributed by atoms with van der Waals surface area (Å²) in [5, 5.41) is 7.23. The van der Waals surface area contributed by atoms with Gasteiger partial charge < -0.3 is 10.6 Å². The monoisotopic (exact) mass is 376 g/mol. The van der Waals surface area contributed by atoms with Crippen molar-refractivity contribution in [3.63, 3.8) is 0 Å². The molecule has 1 atom stereocenters. The molecular formula is C14H24N4O2S3. The Morgan fingerprint density at radius 2 is 2.17 bits per heavy atom. The van der Waals surface area contributed by atoms with Crippen LogP contribution in [0.15, 0.2) is 21.3 Å². The van der Waals surface area contributed by atoms with Gasteiger partial charge in [0, 0.05) is 37.8 Å². The fourth-order valence-electron chi connectivity index (χ4n) is 2.18. The van der Waals surface area contributed by atoms with Crippen LogP contribution in [0, 0.1) is 0 Å². The fraction of sp³-hybridized carbons (Fsp3) is 0.643. The summed E-state index contributed by atoms with van der Waals surface area (Å²) in [4.78, 5) is 5.17. The second-order valence-electron chi connectivity index (χ2n) is 5.45. The molecule has 0 aliphatic carbocycles. The van der Waals surface area contributed by atoms with Gasteiger partial charge in [-0.3, -0.25) is 4.99 Å². The van der Waals surface area contributed by atoms with E-state index in [0.717, 1.165) is 17.4 Å². The molecule has 0 radical (unpaired) electrons. The number of rotatable bonds is 6. The third-order valence-corrected chi connectivity index (χ3v) is 8.31. The van der Waals surface area contributed by atoms with E-state index in [9.17, 15) is 8.42 Å². The van der Waals surface area contributed by atoms with Gasteiger partial charge in [0.05, 0.1) is 6.54 Å². The van der Waals surface area contributed by atoms with E-state index in [-0.39, 0.29) is 0 Å². The summed E-state index contributed by atoms with van der Waals surface area (Å²) >= 11 is 3.29. The summed E-state index contributed by atoms with van der Waals surface area (Å²) in [6.07, 6.45) is 2.55. The Morgan fingerprint density at radius 3 is 2.78 bits per heavy atom. The van der Waals surface area contributed by atoms with Crippen molar-refractivity contribution in [3.05, 3.63) is 17.0 Å². The SMILES string of the molecule is CN=C(NCc1ccc(S(=O)(=O)N(C)C)s1)NCC1CCCS1. The van der Waals surface area contributed by atoms with E-state index in [1.54, 1.807) is 27.2 Å². The number of sulfonamides is 1. The Bertz CT molecular complexity index is 634. The molecule has 6 nitrogen and oxygen atoms in total. The van der Waals surface area contributed by atoms with E-state index in [2.05, 4.69) is 15.6 Å². The van der Waals surface area contributed by atoms with Crippen LogP contribution in [0.4, 0.5) is 0 Å². The topological polar surface area (TPSA) is 73.8 Å². The molecule has 9 heteroatoms. The minimum atomic E-state index is -3.35. The molecular weight excluding hydrogens is 352 g/mol. The number of aliphatic imine (C=N–C) groups is 1. The van der Waals surface area contributed by atoms with E-state index in [1.165, 1.54) is 34.2 Å². The van der Waals surface area contributed by atoms with Crippen LogP contribution in [0.25, 0.3) is 0 Å². The molecule has 0 saturated carbocycles. The third-order valence-electron chi connectivity index (χ3n) is 3.55. The highest BCUT2D eigenvalue weighted by Gasteiger charge is 2.19. The van der Waals surface area contributed by atoms with Crippen LogP contribution in [0.3, 0.4) is 0 Å². The molecule has 2 rings (SSSR count). The van der Waals surface area contributed by atoms with Gasteiger partial charge in [-0.2, -0.15) is 11.8 Å². The standard InChI is InChI=1S/C14H24N4O2S3/c1-15-14(16-9-11-5-4-8-21-11)17-10-12-6-7-13(22-12)23(19,20)18(2)3/h6-7,11H,4-5,8-10H2,1-3H3,(H2,15,16,17). The van der Waals surface area contributed by atoms with Crippen molar-refractivity contribution in [1.29, 1.82) is 0 Å². The molecule has 0 bridgehead atoms. The summed E-state index contributed by atoms with van der Waals surface area (Å²) in [6.45, 7) is 1.47. The van der Waals surface area contributed by atoms with Crippen LogP contribution in [0.5, 0.6) is 0 Å². The summed E-state index contributed by atoms with van der Waals surface area (Å²) in [7, 11) is 1.48. The summed E-state index contributed by atoms with van der Waals surface area (Å²) in [5.41, 5.74) is 0. The van der Waals surface area contributed by atoms with Crippen LogP contribution in [0.2, 0.25) is 0 Å². The van der Waals surface area contributed by atoms with Crippen LogP contribution in [0.1, 0.15) is 17.7 Å². The zero-order valence-electron chi connectivity index (χ0n) is 13.7. The van der Waals surface area contributed by atoms with Crippen molar-refractivity contribution in [2.45, 2.75) is 28.8 Å². The highest BCUT2D eigenvalue weighted by Crippen LogP contribution is 2.25. The average molecular weight is 377 g/mol. The van der Waals surface area contributed by atoms with E-state index in [0.29, 0.717) is 16.0 Å². The lowest BCUT2D eigenvalue weighted by atomic mass is 10.2. The van der Waals surface area contributed by atoms with Gasteiger partial charge in [0.2, 0.25) is 0 Å². The Morgan fingerprint density at radius 1 is 1.39 bits per heavy atom. The Kier molecular flexibility index (Phi) is 6.75. The van der Waals surface area contributed by atoms with Crippen LogP contribution >= 0.6 is 23.1 Å². The maximum Gasteiger partial charge on any atom is 0.252 e. The molecule has 2 N–H and O–H groups in total. The van der Waals surface area contributed by atoms with Gasteiger partial charge in [0.25, 0.3) is 10.0 Å². The molecule has 1 saturated heterocycles. The summed E-state index contributed by atoms with van der Waals surface area (Å²) in [6, 6.07) is 3.50. The summed E-state index contributed by atoms with van der Waals surface area (Å²) < 4.78 is 25.7. The predicted molar refractivity (Wildman–Crippen MR) is 98.9 cm³/mol. The first-order valence-electron chi connectivity index (χ1n) is 7.51. The minimum absolute atomic E-state index is 0.365. The van der Waals surface area contributed by atoms with Gasteiger partial charge in [-0.25, -0.2) is 12.7 Å². The van der Waals surface area contributed by atoms with E-state index in [1.807, 2.05) is 17.8 Å². The molecule has 0 spiro atoms. The molecule has 1 aromatic heterocycles. The second kappa shape index (κ2) is 8.36. The van der Waals surface area contributed by atoms with E-state index in [4.69, 9.17) is 0 Å². The molecule has 23 heavy (non-hydrogen) atoms. The molecule has 130 valence electrons. The maximum atomic E-state index is 12.1. The van der Waals surface area contributed by atoms with Crippen LogP contribution in [-0.2, 0) is 16.6 Å². The second-order valence-corrected chi connectivity index (χ2v) is 10.4. The Labute approximate surface area is 146 Å². The number of thioether (sulfide) groups is 1. The average Bonchev–Trinajstić information content (AvgIpc) is 3.18. The van der Waals surface area contributed by atoms with Crippen molar-refractivity contribution >= 4 is 39.1 Å². The van der Waals surface area contributed by atoms with Gasteiger partial charge in [-0.1, -0.05) is 0 Å². The lowest BCUT2D eigenvalue weighted by Gasteiger charge is -2.14. The predicted octanol–water partition coefficient (Wildman–Crippen LogP) is 1.56. The molecule has 1 unspecified atom stereocenters. The molecule has 1 aromatic rings. The molecule has 1 fully saturated rings. The van der Waals surface area contributed by atoms with Crippen LogP contribution in [-0.4, -0.2) is 57.4 Å². The highest BCUT2D eigenvalue weighted by molar-refractivity contribution is 8.00. The number of nitrogens with one attached hydrogen (secondary N) is 2. The molecule has 0 amide bonds. The lowest BCUT2D eigenvalue weighted by Crippen LogP contribution is -2.39. The van der Waals surface area contributed by atoms with Gasteiger partial charge in [-0.05, 0) is 30.7 Å². The normalized spacial score (nSPS) is 19.3. The number of hydrogen-bond donors (Lipinski definition) is 2. The quantitative estimate of drug-likeness (QED) is 0.582. The summed E-state index contributed by atoms with van der Waals surface area (Å²) in [5.74, 6) is 2.00. The molecule has 1 aliphatic rings. The maximum absolute atomic E-state index is 12.1. The zero-order chi connectivity index (χ0) is 16.9. The van der Waals surface area contributed by atoms with Crippen molar-refractivity contribution < 1.29 is 8.42 Å². The smallest absolute Gasteiger partial charge is 0.252 e. The van der Waals surface area contributed by atoms with Gasteiger partial charge in [0.1, 0.15) is 4.21 Å². The van der Waals surface area contributed by atoms with E-state index >= 15 is 0 Å². The first-order chi connectivity index (χ1) is 10.9. The van der Waals surface area contributed by atoms with Gasteiger partial charge in [-0.15, -0.1) is 11.3 Å². The van der Waals surface area contributed by atoms with Gasteiger partial charge in [0.15, 0.2) is 5.96 Å². The van der Waals surface area contributed by atoms with Gasteiger partial charge >= 0.3 is 0 Å². The zero-order valence-corrected chi connectivity index (χ0v) is 16.2. The number of guanidine groups is 1. The molecule has 1 aliphatic heterocycles. The van der Waals surface area contributed by atoms with Crippen LogP contribution < -0.4 is 10.6 Å². The van der Waals surface area contributed by atoms with E-state index < -0.39 is 10.0 Å². The fourth-order valence-corrected chi connectivity index (χ4v) is 5.84. The Balaban J connectivity index is 1.86. The largest absolute Gasteiger partial charge is 0.355 e. The molecule has 2 heterocycles. The van der Waals surface area contributed by atoms with Crippen molar-refractivity contribution in [1.82, 2.24) is 14.9 Å². The third kappa shape index (κ3) is 5.10. The highest BCUT2D eigenvalue weighted by atomic mass is 32.2. The number of thiophene rings is 1. The first-order valence-corrected chi connectivity index (χ1v) is 10.8. The number of nitrogens with zero attached hydrogens (tertiary/aromatic N) is 2. The Hall–Kier alpha value is -0.770. The first kappa shape index (κ1) is 18.6. The number of hydrogen-bond acceptors (Lipinski definition) is 5.